The molecule has 32 heavy (non-hydrogen) atoms. The maximum absolute atomic E-state index is 13.2. The molecule has 6 nitrogen and oxygen atoms in total. The van der Waals surface area contributed by atoms with E-state index in [0.717, 1.165) is 22.5 Å². The lowest BCUT2D eigenvalue weighted by Gasteiger charge is -2.36. The molecule has 0 fully saturated rings. The van der Waals surface area contributed by atoms with E-state index in [1.54, 1.807) is 17.6 Å². The summed E-state index contributed by atoms with van der Waals surface area (Å²) in [7, 11) is -3.85. The van der Waals surface area contributed by atoms with Gasteiger partial charge < -0.3 is 0 Å². The van der Waals surface area contributed by atoms with Crippen LogP contribution >= 0.6 is 23.4 Å². The molecule has 2 aliphatic rings. The van der Waals surface area contributed by atoms with Gasteiger partial charge in [-0.15, -0.1) is 11.8 Å². The summed E-state index contributed by atoms with van der Waals surface area (Å²) in [6.45, 7) is 2.00. The van der Waals surface area contributed by atoms with E-state index in [-0.39, 0.29) is 11.8 Å². The van der Waals surface area contributed by atoms with Crippen LogP contribution in [-0.2, 0) is 21.2 Å². The number of hydroxylamine groups is 1. The summed E-state index contributed by atoms with van der Waals surface area (Å²) in [5.74, 6) is -1.05. The predicted molar refractivity (Wildman–Crippen MR) is 128 cm³/mol. The molecular weight excluding hydrogens is 468 g/mol. The summed E-state index contributed by atoms with van der Waals surface area (Å²) in [5, 5.41) is 9.95. The number of hydrogen-bond donors (Lipinski definition) is 3. The topological polar surface area (TPSA) is 95.5 Å². The Kier molecular flexibility index (Phi) is 6.97. The second-order valence-electron chi connectivity index (χ2n) is 8.16. The Balaban J connectivity index is 1.52. The SMILES string of the molecule is CC1c2ccccc2CCC1C(NS(=O)(=O)C1CC=C(c2ccc(Cl)cc2)S1)C(=O)NO. The van der Waals surface area contributed by atoms with Gasteiger partial charge in [-0.3, -0.25) is 10.0 Å². The molecule has 4 rings (SSSR count). The highest BCUT2D eigenvalue weighted by atomic mass is 35.5. The van der Waals surface area contributed by atoms with Crippen molar-refractivity contribution in [3.05, 3.63) is 76.3 Å². The van der Waals surface area contributed by atoms with Crippen molar-refractivity contribution in [2.24, 2.45) is 5.92 Å². The van der Waals surface area contributed by atoms with Gasteiger partial charge in [-0.05, 0) is 59.9 Å². The molecule has 0 radical (unpaired) electrons. The number of hydrogen-bond acceptors (Lipinski definition) is 5. The molecule has 0 bridgehead atoms. The Hall–Kier alpha value is -1.84. The maximum atomic E-state index is 13.2. The molecule has 4 unspecified atom stereocenters. The fraction of sp³-hybridized carbons (Fsp3) is 0.348. The van der Waals surface area contributed by atoms with Gasteiger partial charge in [0.15, 0.2) is 0 Å². The van der Waals surface area contributed by atoms with Crippen LogP contribution in [0.15, 0.2) is 54.6 Å². The Morgan fingerprint density at radius 1 is 1.19 bits per heavy atom. The number of carbonyl (C=O) groups excluding carboxylic acids is 1. The molecule has 2 aromatic rings. The lowest BCUT2D eigenvalue weighted by molar-refractivity contribution is -0.132. The van der Waals surface area contributed by atoms with Crippen molar-refractivity contribution >= 4 is 44.2 Å². The van der Waals surface area contributed by atoms with Crippen LogP contribution in [0.5, 0.6) is 0 Å². The molecular formula is C23H25ClN2O4S2. The third kappa shape index (κ3) is 4.75. The molecule has 4 atom stereocenters. The minimum atomic E-state index is -3.85. The van der Waals surface area contributed by atoms with Crippen LogP contribution in [0, 0.1) is 5.92 Å². The molecule has 170 valence electrons. The van der Waals surface area contributed by atoms with Crippen LogP contribution in [0.25, 0.3) is 4.91 Å². The van der Waals surface area contributed by atoms with Crippen LogP contribution < -0.4 is 10.2 Å². The third-order valence-corrected chi connectivity index (χ3v) is 10.2. The molecule has 1 amide bonds. The normalized spacial score (nSPS) is 23.8. The highest BCUT2D eigenvalue weighted by Gasteiger charge is 2.41. The Morgan fingerprint density at radius 2 is 1.91 bits per heavy atom. The van der Waals surface area contributed by atoms with E-state index in [1.807, 2.05) is 43.3 Å². The van der Waals surface area contributed by atoms with Crippen LogP contribution in [0.2, 0.25) is 5.02 Å². The minimum absolute atomic E-state index is 0.0380. The Labute approximate surface area is 197 Å². The van der Waals surface area contributed by atoms with E-state index in [0.29, 0.717) is 17.9 Å². The highest BCUT2D eigenvalue weighted by molar-refractivity contribution is 8.18. The fourth-order valence-corrected chi connectivity index (χ4v) is 7.74. The van der Waals surface area contributed by atoms with Gasteiger partial charge in [0.1, 0.15) is 10.6 Å². The average Bonchev–Trinajstić information content (AvgIpc) is 3.30. The van der Waals surface area contributed by atoms with Gasteiger partial charge in [0.05, 0.1) is 0 Å². The van der Waals surface area contributed by atoms with E-state index in [9.17, 15) is 18.4 Å². The number of fused-ring (bicyclic) bond motifs is 1. The van der Waals surface area contributed by atoms with Gasteiger partial charge in [-0.25, -0.2) is 18.6 Å². The fourth-order valence-electron chi connectivity index (χ4n) is 4.55. The number of halogens is 1. The zero-order chi connectivity index (χ0) is 22.9. The summed E-state index contributed by atoms with van der Waals surface area (Å²) in [4.78, 5) is 13.4. The summed E-state index contributed by atoms with van der Waals surface area (Å²) < 4.78 is 28.3. The first-order valence-electron chi connectivity index (χ1n) is 10.5. The number of benzene rings is 2. The van der Waals surface area contributed by atoms with Gasteiger partial charge in [-0.2, -0.15) is 0 Å². The van der Waals surface area contributed by atoms with Crippen LogP contribution in [0.3, 0.4) is 0 Å². The van der Waals surface area contributed by atoms with Gasteiger partial charge in [0.2, 0.25) is 10.0 Å². The number of amides is 1. The second-order valence-corrected chi connectivity index (χ2v) is 12.0. The van der Waals surface area contributed by atoms with Crippen LogP contribution in [0.1, 0.15) is 42.4 Å². The summed E-state index contributed by atoms with van der Waals surface area (Å²) in [5.41, 5.74) is 4.89. The van der Waals surface area contributed by atoms with Crippen LogP contribution in [0.4, 0.5) is 0 Å². The first-order chi connectivity index (χ1) is 15.3. The van der Waals surface area contributed by atoms with Crippen molar-refractivity contribution in [3.8, 4) is 0 Å². The Bertz CT molecular complexity index is 1130. The van der Waals surface area contributed by atoms with Gasteiger partial charge >= 0.3 is 0 Å². The van der Waals surface area contributed by atoms with Crippen molar-refractivity contribution in [3.63, 3.8) is 0 Å². The molecule has 0 aromatic heterocycles. The summed E-state index contributed by atoms with van der Waals surface area (Å²) >= 11 is 7.19. The number of allylic oxidation sites excluding steroid dienone is 1. The third-order valence-electron chi connectivity index (χ3n) is 6.28. The van der Waals surface area contributed by atoms with Crippen molar-refractivity contribution in [2.45, 2.75) is 42.7 Å². The molecule has 1 heterocycles. The lowest BCUT2D eigenvalue weighted by atomic mass is 9.73. The zero-order valence-electron chi connectivity index (χ0n) is 17.5. The lowest BCUT2D eigenvalue weighted by Crippen LogP contribution is -2.53. The first-order valence-corrected chi connectivity index (χ1v) is 13.3. The second kappa shape index (κ2) is 9.57. The average molecular weight is 493 g/mol. The van der Waals surface area contributed by atoms with E-state index in [1.165, 1.54) is 17.3 Å². The molecule has 0 spiro atoms. The van der Waals surface area contributed by atoms with Crippen molar-refractivity contribution < 1.29 is 18.4 Å². The van der Waals surface area contributed by atoms with E-state index >= 15 is 0 Å². The van der Waals surface area contributed by atoms with E-state index in [2.05, 4.69) is 10.8 Å². The smallest absolute Gasteiger partial charge is 0.261 e. The molecule has 1 aliphatic heterocycles. The number of thioether (sulfide) groups is 1. The first kappa shape index (κ1) is 23.3. The predicted octanol–water partition coefficient (Wildman–Crippen LogP) is 4.30. The van der Waals surface area contributed by atoms with E-state index < -0.39 is 26.6 Å². The molecule has 3 N–H and O–H groups in total. The van der Waals surface area contributed by atoms with Crippen molar-refractivity contribution in [1.82, 2.24) is 10.2 Å². The molecule has 0 saturated carbocycles. The molecule has 1 aliphatic carbocycles. The van der Waals surface area contributed by atoms with Gasteiger partial charge in [0.25, 0.3) is 5.91 Å². The van der Waals surface area contributed by atoms with Crippen LogP contribution in [-0.4, -0.2) is 30.2 Å². The number of rotatable bonds is 6. The molecule has 9 heteroatoms. The van der Waals surface area contributed by atoms with Crippen molar-refractivity contribution in [2.75, 3.05) is 0 Å². The summed E-state index contributed by atoms with van der Waals surface area (Å²) in [6.07, 6.45) is 3.61. The van der Waals surface area contributed by atoms with Gasteiger partial charge in [0, 0.05) is 9.93 Å². The Morgan fingerprint density at radius 3 is 2.62 bits per heavy atom. The molecule has 0 saturated heterocycles. The monoisotopic (exact) mass is 492 g/mol. The highest BCUT2D eigenvalue weighted by Crippen LogP contribution is 2.43. The molecule has 2 aromatic carbocycles. The maximum Gasteiger partial charge on any atom is 0.261 e. The quantitative estimate of drug-likeness (QED) is 0.412. The van der Waals surface area contributed by atoms with Crippen molar-refractivity contribution in [1.29, 1.82) is 0 Å². The zero-order valence-corrected chi connectivity index (χ0v) is 19.9. The largest absolute Gasteiger partial charge is 0.289 e. The van der Waals surface area contributed by atoms with Gasteiger partial charge in [-0.1, -0.05) is 61.0 Å². The number of aryl methyl sites for hydroxylation is 1. The summed E-state index contributed by atoms with van der Waals surface area (Å²) in [6, 6.07) is 14.2. The standard InChI is InChI=1S/C23H25ClN2O4S2/c1-14-18-5-3-2-4-15(18)8-11-19(14)22(23(27)25-28)26-32(29,30)21-13-12-20(31-21)16-6-9-17(24)10-7-16/h2-7,9-10,12,14,19,21-22,26,28H,8,11,13H2,1H3,(H,25,27). The minimum Gasteiger partial charge on any atom is -0.289 e. The number of sulfonamides is 1. The van der Waals surface area contributed by atoms with E-state index in [4.69, 9.17) is 11.6 Å². The number of carbonyl (C=O) groups is 1. The number of nitrogens with one attached hydrogen (secondary N) is 2.